The molecule has 12 heavy (non-hydrogen) atoms. The highest BCUT2D eigenvalue weighted by Crippen LogP contribution is 2.20. The van der Waals surface area contributed by atoms with Crippen LogP contribution in [0.3, 0.4) is 0 Å². The highest BCUT2D eigenvalue weighted by atomic mass is 79.9. The fourth-order valence-corrected chi connectivity index (χ4v) is 1.20. The number of halogens is 1. The maximum Gasteiger partial charge on any atom is 0.158 e. The summed E-state index contributed by atoms with van der Waals surface area (Å²) in [6.07, 6.45) is -1.29. The van der Waals surface area contributed by atoms with Crippen molar-refractivity contribution in [2.75, 3.05) is 0 Å². The zero-order valence-corrected chi connectivity index (χ0v) is 8.32. The molecular weight excluding hydrogens is 220 g/mol. The summed E-state index contributed by atoms with van der Waals surface area (Å²) < 4.78 is 0.992. The lowest BCUT2D eigenvalue weighted by atomic mass is 10.0. The van der Waals surface area contributed by atoms with Gasteiger partial charge in [0, 0.05) is 10.4 Å². The van der Waals surface area contributed by atoms with Crippen molar-refractivity contribution in [3.8, 4) is 0 Å². The highest BCUT2D eigenvalue weighted by molar-refractivity contribution is 9.10. The lowest BCUT2D eigenvalue weighted by molar-refractivity contribution is -0.0561. The standard InChI is InChI=1S/C9H11BrO2/c1-6(9(11)12)7-2-4-8(10)5-3-7/h2-6,9,11-12H,1H3. The van der Waals surface area contributed by atoms with Crippen molar-refractivity contribution in [2.45, 2.75) is 19.1 Å². The van der Waals surface area contributed by atoms with Crippen LogP contribution >= 0.6 is 15.9 Å². The minimum Gasteiger partial charge on any atom is -0.368 e. The van der Waals surface area contributed by atoms with Gasteiger partial charge < -0.3 is 10.2 Å². The van der Waals surface area contributed by atoms with Crippen LogP contribution in [0, 0.1) is 0 Å². The van der Waals surface area contributed by atoms with Crippen molar-refractivity contribution in [2.24, 2.45) is 0 Å². The van der Waals surface area contributed by atoms with Gasteiger partial charge in [0.15, 0.2) is 6.29 Å². The molecule has 0 bridgehead atoms. The summed E-state index contributed by atoms with van der Waals surface area (Å²) in [5.74, 6) is -0.238. The predicted octanol–water partition coefficient (Wildman–Crippen LogP) is 1.86. The normalized spacial score (nSPS) is 13.4. The first-order valence-electron chi connectivity index (χ1n) is 3.73. The van der Waals surface area contributed by atoms with Crippen molar-refractivity contribution in [3.63, 3.8) is 0 Å². The van der Waals surface area contributed by atoms with E-state index in [0.29, 0.717) is 0 Å². The van der Waals surface area contributed by atoms with Gasteiger partial charge in [0.2, 0.25) is 0 Å². The average molecular weight is 231 g/mol. The van der Waals surface area contributed by atoms with E-state index in [0.717, 1.165) is 10.0 Å². The zero-order chi connectivity index (χ0) is 9.14. The van der Waals surface area contributed by atoms with Crippen molar-refractivity contribution in [1.29, 1.82) is 0 Å². The van der Waals surface area contributed by atoms with Crippen molar-refractivity contribution in [1.82, 2.24) is 0 Å². The van der Waals surface area contributed by atoms with Gasteiger partial charge in [0.1, 0.15) is 0 Å². The Labute approximate surface area is 80.0 Å². The largest absolute Gasteiger partial charge is 0.368 e. The molecule has 0 amide bonds. The van der Waals surface area contributed by atoms with Crippen LogP contribution in [0.25, 0.3) is 0 Å². The molecule has 1 rings (SSSR count). The van der Waals surface area contributed by atoms with E-state index < -0.39 is 6.29 Å². The smallest absolute Gasteiger partial charge is 0.158 e. The zero-order valence-electron chi connectivity index (χ0n) is 6.74. The third-order valence-corrected chi connectivity index (χ3v) is 2.37. The Morgan fingerprint density at radius 1 is 1.17 bits per heavy atom. The average Bonchev–Trinajstić information content (AvgIpc) is 2.04. The molecule has 3 heteroatoms. The summed E-state index contributed by atoms with van der Waals surface area (Å²) >= 11 is 3.31. The third-order valence-electron chi connectivity index (χ3n) is 1.84. The first-order valence-corrected chi connectivity index (χ1v) is 4.52. The Kier molecular flexibility index (Phi) is 3.26. The van der Waals surface area contributed by atoms with Gasteiger partial charge in [-0.05, 0) is 17.7 Å². The Morgan fingerprint density at radius 3 is 2.08 bits per heavy atom. The molecule has 0 aliphatic rings. The lowest BCUT2D eigenvalue weighted by Gasteiger charge is -2.13. The first kappa shape index (κ1) is 9.71. The number of aliphatic hydroxyl groups is 2. The number of rotatable bonds is 2. The minimum absolute atomic E-state index is 0.238. The summed E-state index contributed by atoms with van der Waals surface area (Å²) in [5, 5.41) is 17.8. The molecule has 2 nitrogen and oxygen atoms in total. The first-order chi connectivity index (χ1) is 5.61. The number of hydrogen-bond donors (Lipinski definition) is 2. The van der Waals surface area contributed by atoms with Gasteiger partial charge in [-0.3, -0.25) is 0 Å². The van der Waals surface area contributed by atoms with Crippen LogP contribution < -0.4 is 0 Å². The van der Waals surface area contributed by atoms with Gasteiger partial charge in [-0.1, -0.05) is 35.0 Å². The molecule has 0 saturated carbocycles. The monoisotopic (exact) mass is 230 g/mol. The summed E-state index contributed by atoms with van der Waals surface area (Å²) in [6, 6.07) is 7.50. The number of benzene rings is 1. The van der Waals surface area contributed by atoms with E-state index in [1.807, 2.05) is 24.3 Å². The van der Waals surface area contributed by atoms with Crippen LogP contribution in [0.1, 0.15) is 18.4 Å². The Balaban J connectivity index is 2.82. The fraction of sp³-hybridized carbons (Fsp3) is 0.333. The van der Waals surface area contributed by atoms with Crippen molar-refractivity contribution >= 4 is 15.9 Å². The molecule has 0 spiro atoms. The maximum atomic E-state index is 8.89. The molecule has 66 valence electrons. The SMILES string of the molecule is CC(c1ccc(Br)cc1)C(O)O. The summed E-state index contributed by atoms with van der Waals surface area (Å²) in [4.78, 5) is 0. The van der Waals surface area contributed by atoms with Crippen LogP contribution in [0.5, 0.6) is 0 Å². The lowest BCUT2D eigenvalue weighted by Crippen LogP contribution is -2.14. The van der Waals surface area contributed by atoms with Crippen LogP contribution in [0.2, 0.25) is 0 Å². The third kappa shape index (κ3) is 2.30. The quantitative estimate of drug-likeness (QED) is 0.762. The van der Waals surface area contributed by atoms with E-state index in [-0.39, 0.29) is 5.92 Å². The summed E-state index contributed by atoms with van der Waals surface area (Å²) in [7, 11) is 0. The minimum atomic E-state index is -1.29. The second kappa shape index (κ2) is 4.03. The molecule has 1 unspecified atom stereocenters. The number of aliphatic hydroxyl groups excluding tert-OH is 1. The van der Waals surface area contributed by atoms with E-state index in [1.54, 1.807) is 6.92 Å². The molecular formula is C9H11BrO2. The number of hydrogen-bond acceptors (Lipinski definition) is 2. The van der Waals surface area contributed by atoms with Gasteiger partial charge in [0.25, 0.3) is 0 Å². The van der Waals surface area contributed by atoms with E-state index >= 15 is 0 Å². The maximum absolute atomic E-state index is 8.89. The second-order valence-corrected chi connectivity index (χ2v) is 3.67. The molecule has 1 atom stereocenters. The predicted molar refractivity (Wildman–Crippen MR) is 50.8 cm³/mol. The van der Waals surface area contributed by atoms with Gasteiger partial charge in [0.05, 0.1) is 0 Å². The Morgan fingerprint density at radius 2 is 1.67 bits per heavy atom. The molecule has 0 heterocycles. The summed E-state index contributed by atoms with van der Waals surface area (Å²) in [6.45, 7) is 1.77. The Bertz CT molecular complexity index is 243. The molecule has 1 aromatic rings. The molecule has 0 fully saturated rings. The van der Waals surface area contributed by atoms with Crippen LogP contribution in [0.4, 0.5) is 0 Å². The van der Waals surface area contributed by atoms with Crippen molar-refractivity contribution < 1.29 is 10.2 Å². The van der Waals surface area contributed by atoms with Crippen LogP contribution in [0.15, 0.2) is 28.7 Å². The molecule has 0 aromatic heterocycles. The van der Waals surface area contributed by atoms with Crippen LogP contribution in [-0.2, 0) is 0 Å². The molecule has 0 saturated heterocycles. The molecule has 0 aliphatic carbocycles. The van der Waals surface area contributed by atoms with Gasteiger partial charge in [-0.25, -0.2) is 0 Å². The summed E-state index contributed by atoms with van der Waals surface area (Å²) in [5.41, 5.74) is 0.924. The van der Waals surface area contributed by atoms with Gasteiger partial charge in [-0.2, -0.15) is 0 Å². The van der Waals surface area contributed by atoms with Gasteiger partial charge in [-0.15, -0.1) is 0 Å². The highest BCUT2D eigenvalue weighted by Gasteiger charge is 2.11. The molecule has 1 aromatic carbocycles. The fourth-order valence-electron chi connectivity index (χ4n) is 0.938. The van der Waals surface area contributed by atoms with E-state index in [9.17, 15) is 0 Å². The molecule has 0 radical (unpaired) electrons. The molecule has 2 N–H and O–H groups in total. The van der Waals surface area contributed by atoms with E-state index in [2.05, 4.69) is 15.9 Å². The molecule has 0 aliphatic heterocycles. The van der Waals surface area contributed by atoms with Crippen LogP contribution in [-0.4, -0.2) is 16.5 Å². The van der Waals surface area contributed by atoms with E-state index in [1.165, 1.54) is 0 Å². The Hall–Kier alpha value is -0.380. The van der Waals surface area contributed by atoms with Crippen molar-refractivity contribution in [3.05, 3.63) is 34.3 Å². The second-order valence-electron chi connectivity index (χ2n) is 2.75. The topological polar surface area (TPSA) is 40.5 Å². The van der Waals surface area contributed by atoms with Gasteiger partial charge >= 0.3 is 0 Å². The van der Waals surface area contributed by atoms with E-state index in [4.69, 9.17) is 10.2 Å².